The molecule has 1 aromatic heterocycles. The first kappa shape index (κ1) is 20.4. The van der Waals surface area contributed by atoms with Gasteiger partial charge in [-0.2, -0.15) is 0 Å². The van der Waals surface area contributed by atoms with Crippen LogP contribution in [0.15, 0.2) is 24.4 Å². The molecule has 0 N–H and O–H groups in total. The van der Waals surface area contributed by atoms with Crippen LogP contribution >= 0.6 is 0 Å². The lowest BCUT2D eigenvalue weighted by molar-refractivity contribution is 0.000779. The van der Waals surface area contributed by atoms with Gasteiger partial charge in [-0.05, 0) is 51.9 Å². The quantitative estimate of drug-likeness (QED) is 0.670. The molecule has 2 saturated heterocycles. The van der Waals surface area contributed by atoms with Crippen LogP contribution in [0.1, 0.15) is 36.5 Å². The highest BCUT2D eigenvalue weighted by atomic mass is 16.5. The van der Waals surface area contributed by atoms with Gasteiger partial charge < -0.3 is 18.9 Å². The van der Waals surface area contributed by atoms with Crippen LogP contribution in [0, 0.1) is 0 Å². The molecule has 2 fully saturated rings. The molecule has 3 heterocycles. The number of fused-ring (bicyclic) bond motifs is 1. The number of aromatic nitrogens is 1. The topological polar surface area (TPSA) is 46.9 Å². The molecule has 29 heavy (non-hydrogen) atoms. The Kier molecular flexibility index (Phi) is 6.53. The number of piperidine rings is 1. The number of ketones is 1. The first-order valence-electron chi connectivity index (χ1n) is 10.9. The maximum Gasteiger partial charge on any atom is 0.161 e. The molecule has 0 unspecified atom stereocenters. The number of carbonyl (C=O) groups is 1. The minimum absolute atomic E-state index is 0.104. The Morgan fingerprint density at radius 1 is 1.14 bits per heavy atom. The number of para-hydroxylation sites is 1. The second-order valence-corrected chi connectivity index (χ2v) is 8.22. The van der Waals surface area contributed by atoms with E-state index in [-0.39, 0.29) is 5.78 Å². The maximum atomic E-state index is 12.1. The van der Waals surface area contributed by atoms with E-state index in [4.69, 9.17) is 9.47 Å². The van der Waals surface area contributed by atoms with Crippen molar-refractivity contribution in [3.05, 3.63) is 30.0 Å². The molecule has 4 rings (SSSR count). The Hall–Kier alpha value is -1.89. The second kappa shape index (κ2) is 9.28. The molecule has 1 aromatic carbocycles. The number of likely N-dealkylation sites (tertiary alicyclic amines) is 1. The van der Waals surface area contributed by atoms with Crippen molar-refractivity contribution in [1.82, 2.24) is 14.4 Å². The van der Waals surface area contributed by atoms with Gasteiger partial charge in [0.2, 0.25) is 0 Å². The van der Waals surface area contributed by atoms with E-state index in [1.807, 2.05) is 24.4 Å². The number of morpholine rings is 1. The third-order valence-corrected chi connectivity index (χ3v) is 6.45. The fourth-order valence-corrected chi connectivity index (χ4v) is 4.86. The average molecular weight is 400 g/mol. The normalized spacial score (nSPS) is 19.7. The summed E-state index contributed by atoms with van der Waals surface area (Å²) >= 11 is 0. The highest BCUT2D eigenvalue weighted by Gasteiger charge is 2.25. The summed E-state index contributed by atoms with van der Waals surface area (Å²) in [5.74, 6) is 0.938. The zero-order valence-electron chi connectivity index (χ0n) is 17.7. The van der Waals surface area contributed by atoms with Crippen molar-refractivity contribution in [1.29, 1.82) is 0 Å². The first-order valence-corrected chi connectivity index (χ1v) is 10.9. The van der Waals surface area contributed by atoms with Crippen molar-refractivity contribution in [3.63, 3.8) is 0 Å². The first-order chi connectivity index (χ1) is 14.2. The van der Waals surface area contributed by atoms with Gasteiger partial charge in [0.15, 0.2) is 5.78 Å². The zero-order valence-corrected chi connectivity index (χ0v) is 17.7. The summed E-state index contributed by atoms with van der Waals surface area (Å²) < 4.78 is 13.3. The number of Topliss-reactive ketones (excluding diaryl/α,β-unsaturated/α-hetero) is 1. The second-order valence-electron chi connectivity index (χ2n) is 8.22. The average Bonchev–Trinajstić information content (AvgIpc) is 3.14. The van der Waals surface area contributed by atoms with E-state index in [2.05, 4.69) is 14.4 Å². The largest absolute Gasteiger partial charge is 0.495 e. The van der Waals surface area contributed by atoms with Crippen molar-refractivity contribution < 1.29 is 14.3 Å². The van der Waals surface area contributed by atoms with Crippen LogP contribution < -0.4 is 4.74 Å². The van der Waals surface area contributed by atoms with Crippen molar-refractivity contribution in [2.45, 2.75) is 38.8 Å². The molecule has 0 bridgehead atoms. The number of ether oxygens (including phenoxy) is 2. The van der Waals surface area contributed by atoms with Crippen LogP contribution in [0.2, 0.25) is 0 Å². The lowest BCUT2D eigenvalue weighted by Gasteiger charge is -2.40. The molecule has 6 heteroatoms. The fourth-order valence-electron chi connectivity index (χ4n) is 4.86. The van der Waals surface area contributed by atoms with Crippen LogP contribution in [0.4, 0.5) is 0 Å². The summed E-state index contributed by atoms with van der Waals surface area (Å²) in [5, 5.41) is 0.989. The number of hydrogen-bond acceptors (Lipinski definition) is 5. The number of methoxy groups -OCH3 is 1. The van der Waals surface area contributed by atoms with E-state index >= 15 is 0 Å². The van der Waals surface area contributed by atoms with Gasteiger partial charge in [-0.3, -0.25) is 9.69 Å². The van der Waals surface area contributed by atoms with Crippen LogP contribution in [0.25, 0.3) is 10.9 Å². The number of benzene rings is 1. The molecule has 0 atom stereocenters. The summed E-state index contributed by atoms with van der Waals surface area (Å²) in [6.45, 7) is 9.93. The molecule has 0 saturated carbocycles. The van der Waals surface area contributed by atoms with E-state index in [0.717, 1.165) is 74.1 Å². The van der Waals surface area contributed by atoms with Crippen molar-refractivity contribution in [3.8, 4) is 5.75 Å². The van der Waals surface area contributed by atoms with Crippen molar-refractivity contribution in [2.75, 3.05) is 53.0 Å². The standard InChI is InChI=1S/C23H33N3O3/c1-18(27)21-17-26(23-20(21)5-3-6-22(23)28-2)10-4-9-24-11-7-19(8-12-24)25-13-15-29-16-14-25/h3,5-6,17,19H,4,7-16H2,1-2H3. The van der Waals surface area contributed by atoms with Crippen molar-refractivity contribution in [2.24, 2.45) is 0 Å². The molecule has 0 spiro atoms. The molecule has 6 nitrogen and oxygen atoms in total. The van der Waals surface area contributed by atoms with Crippen LogP contribution in [-0.2, 0) is 11.3 Å². The van der Waals surface area contributed by atoms with Gasteiger partial charge in [0.1, 0.15) is 5.75 Å². The van der Waals surface area contributed by atoms with Crippen LogP contribution in [0.3, 0.4) is 0 Å². The number of carbonyl (C=O) groups excluding carboxylic acids is 1. The molecule has 0 aliphatic carbocycles. The van der Waals surface area contributed by atoms with Gasteiger partial charge >= 0.3 is 0 Å². The number of hydrogen-bond donors (Lipinski definition) is 0. The smallest absolute Gasteiger partial charge is 0.161 e. The van der Waals surface area contributed by atoms with E-state index < -0.39 is 0 Å². The summed E-state index contributed by atoms with van der Waals surface area (Å²) in [6, 6.07) is 6.67. The molecular formula is C23H33N3O3. The van der Waals surface area contributed by atoms with Crippen LogP contribution in [0.5, 0.6) is 5.75 Å². The SMILES string of the molecule is COc1cccc2c(C(C)=O)cn(CCCN3CCC(N4CCOCC4)CC3)c12. The minimum Gasteiger partial charge on any atom is -0.495 e. The lowest BCUT2D eigenvalue weighted by atomic mass is 10.0. The maximum absolute atomic E-state index is 12.1. The van der Waals surface area contributed by atoms with Gasteiger partial charge in [0.25, 0.3) is 0 Å². The molecule has 158 valence electrons. The predicted octanol–water partition coefficient (Wildman–Crippen LogP) is 3.04. The summed E-state index contributed by atoms with van der Waals surface area (Å²) in [7, 11) is 1.69. The Morgan fingerprint density at radius 2 is 1.90 bits per heavy atom. The van der Waals surface area contributed by atoms with E-state index in [1.165, 1.54) is 25.9 Å². The molecule has 0 amide bonds. The third-order valence-electron chi connectivity index (χ3n) is 6.45. The van der Waals surface area contributed by atoms with Gasteiger partial charge in [0.05, 0.1) is 25.8 Å². The summed E-state index contributed by atoms with van der Waals surface area (Å²) in [5.41, 5.74) is 1.82. The molecule has 2 aliphatic rings. The zero-order chi connectivity index (χ0) is 20.2. The van der Waals surface area contributed by atoms with Crippen LogP contribution in [-0.4, -0.2) is 79.2 Å². The molecule has 2 aliphatic heterocycles. The van der Waals surface area contributed by atoms with Gasteiger partial charge in [-0.25, -0.2) is 0 Å². The highest BCUT2D eigenvalue weighted by Crippen LogP contribution is 2.30. The third kappa shape index (κ3) is 4.49. The Morgan fingerprint density at radius 3 is 2.59 bits per heavy atom. The summed E-state index contributed by atoms with van der Waals surface area (Å²) in [4.78, 5) is 17.3. The van der Waals surface area contributed by atoms with Gasteiger partial charge in [0, 0.05) is 42.8 Å². The van der Waals surface area contributed by atoms with E-state index in [0.29, 0.717) is 0 Å². The Balaban J connectivity index is 1.34. The van der Waals surface area contributed by atoms with Crippen molar-refractivity contribution >= 4 is 16.7 Å². The number of nitrogens with zero attached hydrogens (tertiary/aromatic N) is 3. The monoisotopic (exact) mass is 399 g/mol. The Labute approximate surface area is 173 Å². The number of rotatable bonds is 7. The van der Waals surface area contributed by atoms with Gasteiger partial charge in [-0.1, -0.05) is 12.1 Å². The fraction of sp³-hybridized carbons (Fsp3) is 0.609. The van der Waals surface area contributed by atoms with E-state index in [9.17, 15) is 4.79 Å². The lowest BCUT2D eigenvalue weighted by Crippen LogP contribution is -2.49. The highest BCUT2D eigenvalue weighted by molar-refractivity contribution is 6.08. The minimum atomic E-state index is 0.104. The summed E-state index contributed by atoms with van der Waals surface area (Å²) in [6.07, 6.45) is 5.59. The van der Waals surface area contributed by atoms with E-state index in [1.54, 1.807) is 14.0 Å². The molecular weight excluding hydrogens is 366 g/mol. The molecule has 0 radical (unpaired) electrons. The van der Waals surface area contributed by atoms with Gasteiger partial charge in [-0.15, -0.1) is 0 Å². The predicted molar refractivity (Wildman–Crippen MR) is 115 cm³/mol. The number of aryl methyl sites for hydroxylation is 1. The molecule has 2 aromatic rings. The Bertz CT molecular complexity index is 833.